The normalized spacial score (nSPS) is 26.0. The van der Waals surface area contributed by atoms with Crippen LogP contribution in [0.4, 0.5) is 0 Å². The molecule has 5 heteroatoms. The van der Waals surface area contributed by atoms with Crippen LogP contribution in [0.2, 0.25) is 0 Å². The third kappa shape index (κ3) is 3.91. The Morgan fingerprint density at radius 3 is 2.52 bits per heavy atom. The number of nitrogens with zero attached hydrogens (tertiary/aromatic N) is 2. The number of nitrogens with two attached hydrogens (primary N) is 1. The maximum atomic E-state index is 12.0. The molecule has 126 valence electrons. The second kappa shape index (κ2) is 7.43. The summed E-state index contributed by atoms with van der Waals surface area (Å²) < 4.78 is 5.63. The highest BCUT2D eigenvalue weighted by atomic mass is 16.5. The van der Waals surface area contributed by atoms with Gasteiger partial charge in [-0.05, 0) is 25.3 Å². The number of primary amides is 1. The molecule has 5 nitrogen and oxygen atoms in total. The lowest BCUT2D eigenvalue weighted by Crippen LogP contribution is -2.52. The maximum absolute atomic E-state index is 12.0. The summed E-state index contributed by atoms with van der Waals surface area (Å²) in [6, 6.07) is 10.2. The van der Waals surface area contributed by atoms with E-state index in [0.29, 0.717) is 12.1 Å². The monoisotopic (exact) mass is 317 g/mol. The van der Waals surface area contributed by atoms with Gasteiger partial charge in [-0.15, -0.1) is 0 Å². The molecule has 0 aromatic heterocycles. The highest BCUT2D eigenvalue weighted by Gasteiger charge is 2.32. The van der Waals surface area contributed by atoms with Gasteiger partial charge >= 0.3 is 0 Å². The number of hydrogen-bond acceptors (Lipinski definition) is 4. The molecule has 0 saturated carbocycles. The van der Waals surface area contributed by atoms with Crippen molar-refractivity contribution in [3.05, 3.63) is 35.9 Å². The summed E-state index contributed by atoms with van der Waals surface area (Å²) in [4.78, 5) is 16.8. The zero-order valence-corrected chi connectivity index (χ0v) is 13.9. The lowest BCUT2D eigenvalue weighted by atomic mass is 9.97. The summed E-state index contributed by atoms with van der Waals surface area (Å²) in [6.45, 7) is 6.84. The van der Waals surface area contributed by atoms with Gasteiger partial charge in [0.05, 0.1) is 12.7 Å². The minimum atomic E-state index is -0.305. The van der Waals surface area contributed by atoms with E-state index >= 15 is 0 Å². The van der Waals surface area contributed by atoms with Gasteiger partial charge in [-0.2, -0.15) is 0 Å². The number of morpholine rings is 1. The highest BCUT2D eigenvalue weighted by molar-refractivity contribution is 5.81. The molecule has 1 amide bonds. The van der Waals surface area contributed by atoms with Crippen molar-refractivity contribution >= 4 is 5.91 Å². The number of benzene rings is 1. The van der Waals surface area contributed by atoms with Crippen LogP contribution in [0.25, 0.3) is 0 Å². The quantitative estimate of drug-likeness (QED) is 0.912. The van der Waals surface area contributed by atoms with Crippen molar-refractivity contribution in [3.8, 4) is 0 Å². The molecule has 2 aliphatic heterocycles. The molecule has 2 atom stereocenters. The van der Waals surface area contributed by atoms with Gasteiger partial charge < -0.3 is 10.5 Å². The number of amides is 1. The number of piperidine rings is 1. The Kier molecular flexibility index (Phi) is 5.30. The molecule has 1 aromatic rings. The van der Waals surface area contributed by atoms with Crippen molar-refractivity contribution in [1.29, 1.82) is 0 Å². The van der Waals surface area contributed by atoms with Crippen molar-refractivity contribution in [2.75, 3.05) is 32.8 Å². The molecule has 3 rings (SSSR count). The second-order valence-corrected chi connectivity index (χ2v) is 6.66. The first kappa shape index (κ1) is 16.4. The van der Waals surface area contributed by atoms with E-state index in [-0.39, 0.29) is 11.9 Å². The van der Waals surface area contributed by atoms with Crippen molar-refractivity contribution in [2.45, 2.75) is 38.0 Å². The summed E-state index contributed by atoms with van der Waals surface area (Å²) in [5, 5.41) is 0. The fourth-order valence-electron chi connectivity index (χ4n) is 3.88. The van der Waals surface area contributed by atoms with Crippen LogP contribution in [0.3, 0.4) is 0 Å². The summed E-state index contributed by atoms with van der Waals surface area (Å²) in [7, 11) is 0. The Balaban J connectivity index is 1.62. The Morgan fingerprint density at radius 2 is 1.91 bits per heavy atom. The minimum Gasteiger partial charge on any atom is -0.376 e. The third-order valence-electron chi connectivity index (χ3n) is 5.04. The first-order valence-electron chi connectivity index (χ1n) is 8.59. The molecule has 0 unspecified atom stereocenters. The molecule has 0 spiro atoms. The predicted octanol–water partition coefficient (Wildman–Crippen LogP) is 1.40. The van der Waals surface area contributed by atoms with Crippen molar-refractivity contribution in [3.63, 3.8) is 0 Å². The van der Waals surface area contributed by atoms with Crippen LogP contribution >= 0.6 is 0 Å². The standard InChI is InChI=1S/C18H27N3O2/c1-14-13-21(11-12-23-14)16-7-9-20(10-8-16)17(18(19)22)15-5-3-2-4-6-15/h2-6,14,16-17H,7-13H2,1H3,(H2,19,22)/t14-,17+/m0/s1. The zero-order valence-electron chi connectivity index (χ0n) is 13.9. The molecule has 2 aliphatic rings. The first-order valence-corrected chi connectivity index (χ1v) is 8.59. The Bertz CT molecular complexity index is 514. The summed E-state index contributed by atoms with van der Waals surface area (Å²) in [5.74, 6) is -0.255. The molecule has 0 bridgehead atoms. The Labute approximate surface area is 138 Å². The predicted molar refractivity (Wildman–Crippen MR) is 90.0 cm³/mol. The van der Waals surface area contributed by atoms with Crippen LogP contribution < -0.4 is 5.73 Å². The molecular weight excluding hydrogens is 290 g/mol. The molecule has 0 aliphatic carbocycles. The summed E-state index contributed by atoms with van der Waals surface area (Å²) in [5.41, 5.74) is 6.69. The van der Waals surface area contributed by atoms with E-state index in [1.54, 1.807) is 0 Å². The van der Waals surface area contributed by atoms with Gasteiger partial charge in [0.25, 0.3) is 0 Å². The fraction of sp³-hybridized carbons (Fsp3) is 0.611. The Hall–Kier alpha value is -1.43. The number of likely N-dealkylation sites (tertiary alicyclic amines) is 1. The van der Waals surface area contributed by atoms with E-state index in [9.17, 15) is 4.79 Å². The molecule has 23 heavy (non-hydrogen) atoms. The maximum Gasteiger partial charge on any atom is 0.239 e. The smallest absolute Gasteiger partial charge is 0.239 e. The molecule has 1 aromatic carbocycles. The minimum absolute atomic E-state index is 0.255. The molecule has 2 saturated heterocycles. The van der Waals surface area contributed by atoms with Crippen LogP contribution in [-0.4, -0.2) is 60.6 Å². The average Bonchev–Trinajstić information content (AvgIpc) is 2.56. The Morgan fingerprint density at radius 1 is 1.22 bits per heavy atom. The van der Waals surface area contributed by atoms with E-state index in [1.165, 1.54) is 0 Å². The van der Waals surface area contributed by atoms with Gasteiger partial charge in [0.15, 0.2) is 0 Å². The van der Waals surface area contributed by atoms with Gasteiger partial charge in [-0.25, -0.2) is 0 Å². The van der Waals surface area contributed by atoms with Crippen LogP contribution in [0.1, 0.15) is 31.4 Å². The third-order valence-corrected chi connectivity index (χ3v) is 5.04. The van der Waals surface area contributed by atoms with Gasteiger partial charge in [0.1, 0.15) is 6.04 Å². The molecule has 2 N–H and O–H groups in total. The van der Waals surface area contributed by atoms with E-state index in [0.717, 1.165) is 51.2 Å². The zero-order chi connectivity index (χ0) is 16.2. The van der Waals surface area contributed by atoms with Crippen LogP contribution in [0.5, 0.6) is 0 Å². The highest BCUT2D eigenvalue weighted by Crippen LogP contribution is 2.27. The summed E-state index contributed by atoms with van der Waals surface area (Å²) >= 11 is 0. The number of rotatable bonds is 4. The van der Waals surface area contributed by atoms with Gasteiger partial charge in [0, 0.05) is 32.2 Å². The molecule has 0 radical (unpaired) electrons. The topological polar surface area (TPSA) is 58.8 Å². The number of carbonyl (C=O) groups excluding carboxylic acids is 1. The lowest BCUT2D eigenvalue weighted by molar-refractivity contribution is -0.124. The second-order valence-electron chi connectivity index (χ2n) is 6.66. The van der Waals surface area contributed by atoms with Gasteiger partial charge in [-0.3, -0.25) is 14.6 Å². The van der Waals surface area contributed by atoms with Crippen LogP contribution in [-0.2, 0) is 9.53 Å². The van der Waals surface area contributed by atoms with E-state index < -0.39 is 0 Å². The average molecular weight is 317 g/mol. The summed E-state index contributed by atoms with van der Waals surface area (Å²) in [6.07, 6.45) is 2.50. The van der Waals surface area contributed by atoms with E-state index in [2.05, 4.69) is 16.7 Å². The van der Waals surface area contributed by atoms with Gasteiger partial charge in [0.2, 0.25) is 5.91 Å². The lowest BCUT2D eigenvalue weighted by Gasteiger charge is -2.43. The molecule has 2 heterocycles. The van der Waals surface area contributed by atoms with Crippen LogP contribution in [0, 0.1) is 0 Å². The fourth-order valence-corrected chi connectivity index (χ4v) is 3.88. The van der Waals surface area contributed by atoms with E-state index in [4.69, 9.17) is 10.5 Å². The molecule has 2 fully saturated rings. The van der Waals surface area contributed by atoms with Gasteiger partial charge in [-0.1, -0.05) is 30.3 Å². The van der Waals surface area contributed by atoms with E-state index in [1.807, 2.05) is 30.3 Å². The SMILES string of the molecule is C[C@H]1CN(C2CCN([C@@H](C(N)=O)c3ccccc3)CC2)CCO1. The first-order chi connectivity index (χ1) is 11.1. The van der Waals surface area contributed by atoms with Crippen molar-refractivity contribution in [2.24, 2.45) is 5.73 Å². The van der Waals surface area contributed by atoms with Crippen molar-refractivity contribution < 1.29 is 9.53 Å². The largest absolute Gasteiger partial charge is 0.376 e. The number of carbonyl (C=O) groups is 1. The number of hydrogen-bond donors (Lipinski definition) is 1. The number of ether oxygens (including phenoxy) is 1. The van der Waals surface area contributed by atoms with Crippen molar-refractivity contribution in [1.82, 2.24) is 9.80 Å². The van der Waals surface area contributed by atoms with Crippen LogP contribution in [0.15, 0.2) is 30.3 Å². The molecular formula is C18H27N3O2.